The third-order valence-electron chi connectivity index (χ3n) is 2.36. The highest BCUT2D eigenvalue weighted by molar-refractivity contribution is 7.99. The van der Waals surface area contributed by atoms with Crippen molar-refractivity contribution >= 4 is 23.4 Å². The zero-order valence-corrected chi connectivity index (χ0v) is 11.3. The lowest BCUT2D eigenvalue weighted by atomic mass is 10.2. The SMILES string of the molecule is CNCc1ccc(Sc2nccn2C)c(Cl)c1. The van der Waals surface area contributed by atoms with Gasteiger partial charge in [0.1, 0.15) is 0 Å². The van der Waals surface area contributed by atoms with Crippen molar-refractivity contribution in [1.82, 2.24) is 14.9 Å². The van der Waals surface area contributed by atoms with E-state index in [-0.39, 0.29) is 0 Å². The number of nitrogens with zero attached hydrogens (tertiary/aromatic N) is 2. The fourth-order valence-corrected chi connectivity index (χ4v) is 2.62. The molecular formula is C12H14ClN3S. The molecule has 0 unspecified atom stereocenters. The van der Waals surface area contributed by atoms with Crippen LogP contribution in [-0.4, -0.2) is 16.6 Å². The molecule has 0 saturated carbocycles. The van der Waals surface area contributed by atoms with Crippen molar-refractivity contribution in [3.05, 3.63) is 41.2 Å². The average molecular weight is 268 g/mol. The first-order valence-corrected chi connectivity index (χ1v) is 6.48. The van der Waals surface area contributed by atoms with Crippen molar-refractivity contribution in [3.8, 4) is 0 Å². The van der Waals surface area contributed by atoms with E-state index in [2.05, 4.69) is 16.4 Å². The van der Waals surface area contributed by atoms with Crippen molar-refractivity contribution in [3.63, 3.8) is 0 Å². The van der Waals surface area contributed by atoms with Crippen LogP contribution >= 0.6 is 23.4 Å². The molecular weight excluding hydrogens is 254 g/mol. The Labute approximate surface area is 110 Å². The molecule has 0 bridgehead atoms. The maximum atomic E-state index is 6.25. The largest absolute Gasteiger partial charge is 0.329 e. The third kappa shape index (κ3) is 3.03. The standard InChI is InChI=1S/C12H14ClN3S/c1-14-8-9-3-4-11(10(13)7-9)17-12-15-5-6-16(12)2/h3-7,14H,8H2,1-2H3. The smallest absolute Gasteiger partial charge is 0.172 e. The molecule has 2 rings (SSSR count). The summed E-state index contributed by atoms with van der Waals surface area (Å²) in [6, 6.07) is 6.10. The van der Waals surface area contributed by atoms with E-state index in [0.29, 0.717) is 0 Å². The molecule has 1 aromatic heterocycles. The summed E-state index contributed by atoms with van der Waals surface area (Å²) >= 11 is 7.82. The molecule has 17 heavy (non-hydrogen) atoms. The number of rotatable bonds is 4. The molecule has 90 valence electrons. The van der Waals surface area contributed by atoms with Gasteiger partial charge in [-0.25, -0.2) is 4.98 Å². The van der Waals surface area contributed by atoms with Crippen molar-refractivity contribution in [2.45, 2.75) is 16.6 Å². The summed E-state index contributed by atoms with van der Waals surface area (Å²) < 4.78 is 1.97. The van der Waals surface area contributed by atoms with Gasteiger partial charge in [-0.15, -0.1) is 0 Å². The summed E-state index contributed by atoms with van der Waals surface area (Å²) in [6.45, 7) is 0.826. The van der Waals surface area contributed by atoms with Gasteiger partial charge in [0.2, 0.25) is 0 Å². The summed E-state index contributed by atoms with van der Waals surface area (Å²) in [5.41, 5.74) is 1.18. The minimum atomic E-state index is 0.769. The Balaban J connectivity index is 2.19. The third-order valence-corrected chi connectivity index (χ3v) is 3.93. The van der Waals surface area contributed by atoms with Crippen LogP contribution in [0.3, 0.4) is 0 Å². The molecule has 0 aliphatic heterocycles. The van der Waals surface area contributed by atoms with Gasteiger partial charge in [-0.3, -0.25) is 0 Å². The van der Waals surface area contributed by atoms with E-state index in [9.17, 15) is 0 Å². The van der Waals surface area contributed by atoms with Crippen LogP contribution in [0.25, 0.3) is 0 Å². The Morgan fingerprint density at radius 1 is 1.47 bits per heavy atom. The summed E-state index contributed by atoms with van der Waals surface area (Å²) in [5.74, 6) is 0. The number of hydrogen-bond acceptors (Lipinski definition) is 3. The van der Waals surface area contributed by atoms with Gasteiger partial charge in [-0.2, -0.15) is 0 Å². The van der Waals surface area contributed by atoms with Crippen LogP contribution in [0.5, 0.6) is 0 Å². The lowest BCUT2D eigenvalue weighted by Crippen LogP contribution is -2.04. The van der Waals surface area contributed by atoms with Gasteiger partial charge in [0.05, 0.1) is 5.02 Å². The van der Waals surface area contributed by atoms with Gasteiger partial charge in [-0.05, 0) is 24.7 Å². The number of hydrogen-bond donors (Lipinski definition) is 1. The number of benzene rings is 1. The topological polar surface area (TPSA) is 29.9 Å². The van der Waals surface area contributed by atoms with Crippen LogP contribution < -0.4 is 5.32 Å². The number of halogens is 1. The highest BCUT2D eigenvalue weighted by atomic mass is 35.5. The van der Waals surface area contributed by atoms with Crippen molar-refractivity contribution in [2.75, 3.05) is 7.05 Å². The van der Waals surface area contributed by atoms with Crippen LogP contribution in [0.4, 0.5) is 0 Å². The van der Waals surface area contributed by atoms with Crippen molar-refractivity contribution < 1.29 is 0 Å². The molecule has 0 saturated heterocycles. The summed E-state index contributed by atoms with van der Waals surface area (Å²) in [7, 11) is 3.89. The summed E-state index contributed by atoms with van der Waals surface area (Å²) in [4.78, 5) is 5.29. The van der Waals surface area contributed by atoms with E-state index >= 15 is 0 Å². The number of imidazole rings is 1. The molecule has 0 atom stereocenters. The molecule has 0 aliphatic carbocycles. The first-order chi connectivity index (χ1) is 8.20. The van der Waals surface area contributed by atoms with E-state index < -0.39 is 0 Å². The Hall–Kier alpha value is -0.970. The van der Waals surface area contributed by atoms with Gasteiger partial charge < -0.3 is 9.88 Å². The van der Waals surface area contributed by atoms with Gasteiger partial charge in [-0.1, -0.05) is 29.4 Å². The molecule has 1 N–H and O–H groups in total. The monoisotopic (exact) mass is 267 g/mol. The van der Waals surface area contributed by atoms with Gasteiger partial charge in [0.15, 0.2) is 5.16 Å². The molecule has 0 fully saturated rings. The quantitative estimate of drug-likeness (QED) is 0.924. The fraction of sp³-hybridized carbons (Fsp3) is 0.250. The molecule has 1 aromatic carbocycles. The Bertz CT molecular complexity index is 510. The van der Waals surface area contributed by atoms with Gasteiger partial charge >= 0.3 is 0 Å². The van der Waals surface area contributed by atoms with Crippen LogP contribution in [0.1, 0.15) is 5.56 Å². The van der Waals surface area contributed by atoms with E-state index in [1.807, 2.05) is 37.0 Å². The minimum Gasteiger partial charge on any atom is -0.329 e. The highest BCUT2D eigenvalue weighted by Gasteiger charge is 2.07. The molecule has 0 spiro atoms. The Kier molecular flexibility index (Phi) is 4.10. The van der Waals surface area contributed by atoms with E-state index in [4.69, 9.17) is 11.6 Å². The predicted molar refractivity (Wildman–Crippen MR) is 71.5 cm³/mol. The minimum absolute atomic E-state index is 0.769. The van der Waals surface area contributed by atoms with Crippen LogP contribution in [0, 0.1) is 0 Å². The zero-order valence-electron chi connectivity index (χ0n) is 9.77. The van der Waals surface area contributed by atoms with E-state index in [1.165, 1.54) is 5.56 Å². The average Bonchev–Trinajstić information content (AvgIpc) is 2.69. The molecule has 0 radical (unpaired) electrons. The number of nitrogens with one attached hydrogen (secondary N) is 1. The van der Waals surface area contributed by atoms with Crippen LogP contribution in [0.2, 0.25) is 5.02 Å². The zero-order chi connectivity index (χ0) is 12.3. The molecule has 0 amide bonds. The second-order valence-electron chi connectivity index (χ2n) is 3.72. The molecule has 5 heteroatoms. The van der Waals surface area contributed by atoms with Crippen LogP contribution in [-0.2, 0) is 13.6 Å². The highest BCUT2D eigenvalue weighted by Crippen LogP contribution is 2.32. The molecule has 3 nitrogen and oxygen atoms in total. The van der Waals surface area contributed by atoms with Gasteiger partial charge in [0, 0.05) is 30.9 Å². The second kappa shape index (κ2) is 5.58. The van der Waals surface area contributed by atoms with Crippen molar-refractivity contribution in [1.29, 1.82) is 0 Å². The fourth-order valence-electron chi connectivity index (χ4n) is 1.49. The number of aryl methyl sites for hydroxylation is 1. The Morgan fingerprint density at radius 2 is 2.29 bits per heavy atom. The summed E-state index contributed by atoms with van der Waals surface area (Å²) in [6.07, 6.45) is 3.71. The lowest BCUT2D eigenvalue weighted by molar-refractivity contribution is 0.790. The van der Waals surface area contributed by atoms with E-state index in [1.54, 1.807) is 18.0 Å². The second-order valence-corrected chi connectivity index (χ2v) is 5.13. The maximum Gasteiger partial charge on any atom is 0.172 e. The van der Waals surface area contributed by atoms with Gasteiger partial charge in [0.25, 0.3) is 0 Å². The predicted octanol–water partition coefficient (Wildman–Crippen LogP) is 2.94. The summed E-state index contributed by atoms with van der Waals surface area (Å²) in [5, 5.41) is 4.81. The number of aromatic nitrogens is 2. The van der Waals surface area contributed by atoms with Crippen molar-refractivity contribution in [2.24, 2.45) is 7.05 Å². The normalized spacial score (nSPS) is 10.8. The lowest BCUT2D eigenvalue weighted by Gasteiger charge is -2.06. The maximum absolute atomic E-state index is 6.25. The molecule has 1 heterocycles. The molecule has 2 aromatic rings. The Morgan fingerprint density at radius 3 is 2.88 bits per heavy atom. The molecule has 0 aliphatic rings. The first kappa shape index (κ1) is 12.5. The van der Waals surface area contributed by atoms with E-state index in [0.717, 1.165) is 21.6 Å². The van der Waals surface area contributed by atoms with Crippen LogP contribution in [0.15, 0.2) is 40.6 Å². The first-order valence-electron chi connectivity index (χ1n) is 5.29.